The maximum absolute atomic E-state index is 11.9. The zero-order valence-electron chi connectivity index (χ0n) is 5.61. The smallest absolute Gasteiger partial charge is 0.366 e. The van der Waals surface area contributed by atoms with E-state index in [0.717, 1.165) is 7.11 Å². The van der Waals surface area contributed by atoms with Crippen molar-refractivity contribution in [1.29, 1.82) is 0 Å². The molecule has 0 aliphatic rings. The van der Waals surface area contributed by atoms with Gasteiger partial charge in [0.15, 0.2) is 0 Å². The lowest BCUT2D eigenvalue weighted by atomic mass is 10.2. The summed E-state index contributed by atoms with van der Waals surface area (Å²) in [6, 6.07) is 0. The van der Waals surface area contributed by atoms with Crippen LogP contribution in [0, 0.1) is 0 Å². The molecule has 0 amide bonds. The van der Waals surface area contributed by atoms with Crippen molar-refractivity contribution in [3.8, 4) is 0 Å². The van der Waals surface area contributed by atoms with Crippen LogP contribution in [0.25, 0.3) is 0 Å². The summed E-state index contributed by atoms with van der Waals surface area (Å²) < 4.78 is 50.6. The Morgan fingerprint density at radius 2 is 2.00 bits per heavy atom. The molecule has 0 aromatic rings. The van der Waals surface area contributed by atoms with Gasteiger partial charge in [-0.2, -0.15) is 8.78 Å². The first kappa shape index (κ1) is 10.3. The molecular formula is C5H6F4O2. The van der Waals surface area contributed by atoms with Gasteiger partial charge >= 0.3 is 12.3 Å². The normalized spacial score (nSPS) is 12.2. The predicted octanol–water partition coefficient (Wildman–Crippen LogP) is 1.10. The lowest BCUT2D eigenvalue weighted by Gasteiger charge is -2.12. The number of carbonyl (C=O) groups excluding carboxylic acids is 1. The number of alkyl halides is 4. The SMILES string of the molecule is COCC(=O)C(F)(F)C(F)F. The predicted molar refractivity (Wildman–Crippen MR) is 27.8 cm³/mol. The molecule has 0 aromatic carbocycles. The summed E-state index contributed by atoms with van der Waals surface area (Å²) in [6.07, 6.45) is -3.97. The van der Waals surface area contributed by atoms with Gasteiger partial charge in [0.1, 0.15) is 6.61 Å². The number of Topliss-reactive ketones (excluding diaryl/α,β-unsaturated/α-hetero) is 1. The summed E-state index contributed by atoms with van der Waals surface area (Å²) in [7, 11) is 0.972. The highest BCUT2D eigenvalue weighted by atomic mass is 19.3. The van der Waals surface area contributed by atoms with Gasteiger partial charge in [-0.1, -0.05) is 0 Å². The molecule has 0 N–H and O–H groups in total. The molecular weight excluding hydrogens is 168 g/mol. The lowest BCUT2D eigenvalue weighted by molar-refractivity contribution is -0.170. The van der Waals surface area contributed by atoms with E-state index in [4.69, 9.17) is 0 Å². The quantitative estimate of drug-likeness (QED) is 0.596. The van der Waals surface area contributed by atoms with Gasteiger partial charge in [-0.3, -0.25) is 4.79 Å². The number of hydrogen-bond acceptors (Lipinski definition) is 2. The largest absolute Gasteiger partial charge is 0.377 e. The number of ketones is 1. The lowest BCUT2D eigenvalue weighted by Crippen LogP contribution is -2.38. The van der Waals surface area contributed by atoms with E-state index in [1.54, 1.807) is 0 Å². The fraction of sp³-hybridized carbons (Fsp3) is 0.800. The topological polar surface area (TPSA) is 26.3 Å². The third kappa shape index (κ3) is 2.45. The van der Waals surface area contributed by atoms with Crippen molar-refractivity contribution >= 4 is 5.78 Å². The van der Waals surface area contributed by atoms with Gasteiger partial charge in [0.2, 0.25) is 5.78 Å². The average molecular weight is 174 g/mol. The number of methoxy groups -OCH3 is 1. The Kier molecular flexibility index (Phi) is 3.44. The monoisotopic (exact) mass is 174 g/mol. The molecule has 11 heavy (non-hydrogen) atoms. The number of hydrogen-bond donors (Lipinski definition) is 0. The summed E-state index contributed by atoms with van der Waals surface area (Å²) in [6.45, 7) is -1.00. The highest BCUT2D eigenvalue weighted by Crippen LogP contribution is 2.23. The maximum Gasteiger partial charge on any atom is 0.366 e. The number of ether oxygens (including phenoxy) is 1. The first-order valence-corrected chi connectivity index (χ1v) is 2.61. The van der Waals surface area contributed by atoms with Crippen molar-refractivity contribution < 1.29 is 27.1 Å². The van der Waals surface area contributed by atoms with Gasteiger partial charge in [-0.25, -0.2) is 8.78 Å². The molecule has 0 saturated heterocycles. The van der Waals surface area contributed by atoms with Crippen LogP contribution in [-0.2, 0) is 9.53 Å². The van der Waals surface area contributed by atoms with E-state index in [1.807, 2.05) is 0 Å². The first-order chi connectivity index (χ1) is 4.92. The van der Waals surface area contributed by atoms with E-state index in [9.17, 15) is 22.4 Å². The zero-order valence-corrected chi connectivity index (χ0v) is 5.61. The van der Waals surface area contributed by atoms with Crippen molar-refractivity contribution in [3.05, 3.63) is 0 Å². The maximum atomic E-state index is 11.9. The van der Waals surface area contributed by atoms with Gasteiger partial charge in [0.25, 0.3) is 0 Å². The second-order valence-electron chi connectivity index (χ2n) is 1.78. The van der Waals surface area contributed by atoms with Crippen LogP contribution in [0.5, 0.6) is 0 Å². The Morgan fingerprint density at radius 1 is 1.55 bits per heavy atom. The van der Waals surface area contributed by atoms with E-state index in [0.29, 0.717) is 0 Å². The third-order valence-electron chi connectivity index (χ3n) is 0.921. The minimum absolute atomic E-state index is 0.972. The van der Waals surface area contributed by atoms with Crippen LogP contribution in [0.2, 0.25) is 0 Å². The summed E-state index contributed by atoms with van der Waals surface area (Å²) in [4.78, 5) is 10.2. The summed E-state index contributed by atoms with van der Waals surface area (Å²) >= 11 is 0. The summed E-state index contributed by atoms with van der Waals surface area (Å²) in [5, 5.41) is 0. The number of rotatable bonds is 4. The number of carbonyl (C=O) groups is 1. The second-order valence-corrected chi connectivity index (χ2v) is 1.78. The van der Waals surface area contributed by atoms with E-state index in [2.05, 4.69) is 4.74 Å². The van der Waals surface area contributed by atoms with Crippen molar-refractivity contribution in [2.24, 2.45) is 0 Å². The van der Waals surface area contributed by atoms with Crippen LogP contribution in [-0.4, -0.2) is 31.8 Å². The van der Waals surface area contributed by atoms with Gasteiger partial charge in [-0.15, -0.1) is 0 Å². The molecule has 0 rings (SSSR count). The molecule has 0 saturated carbocycles. The summed E-state index contributed by atoms with van der Waals surface area (Å²) in [5.41, 5.74) is 0. The van der Waals surface area contributed by atoms with Crippen molar-refractivity contribution in [1.82, 2.24) is 0 Å². The van der Waals surface area contributed by atoms with Crippen LogP contribution >= 0.6 is 0 Å². The molecule has 0 fully saturated rings. The molecule has 2 nitrogen and oxygen atoms in total. The van der Waals surface area contributed by atoms with Crippen molar-refractivity contribution in [3.63, 3.8) is 0 Å². The Hall–Kier alpha value is -0.650. The molecule has 0 aromatic heterocycles. The highest BCUT2D eigenvalue weighted by molar-refractivity contribution is 5.87. The Bertz CT molecular complexity index is 145. The van der Waals surface area contributed by atoms with Crippen LogP contribution in [0.4, 0.5) is 17.6 Å². The Balaban J connectivity index is 4.18. The number of halogens is 4. The highest BCUT2D eigenvalue weighted by Gasteiger charge is 2.48. The van der Waals surface area contributed by atoms with Crippen LogP contribution < -0.4 is 0 Å². The Labute approximate surface area is 60.1 Å². The standard InChI is InChI=1S/C5H6F4O2/c1-11-2-3(10)5(8,9)4(6)7/h4H,2H2,1H3. The zero-order chi connectivity index (χ0) is 9.07. The Morgan fingerprint density at radius 3 is 2.27 bits per heavy atom. The fourth-order valence-corrected chi connectivity index (χ4v) is 0.349. The molecule has 0 bridgehead atoms. The third-order valence-corrected chi connectivity index (χ3v) is 0.921. The fourth-order valence-electron chi connectivity index (χ4n) is 0.349. The molecule has 0 aliphatic heterocycles. The minimum atomic E-state index is -4.59. The van der Waals surface area contributed by atoms with Crippen LogP contribution in [0.3, 0.4) is 0 Å². The first-order valence-electron chi connectivity index (χ1n) is 2.61. The minimum Gasteiger partial charge on any atom is -0.377 e. The molecule has 0 heterocycles. The molecule has 66 valence electrons. The van der Waals surface area contributed by atoms with Crippen LogP contribution in [0.1, 0.15) is 0 Å². The van der Waals surface area contributed by atoms with Crippen molar-refractivity contribution in [2.75, 3.05) is 13.7 Å². The van der Waals surface area contributed by atoms with E-state index < -0.39 is 24.7 Å². The molecule has 0 aliphatic carbocycles. The molecule has 0 radical (unpaired) electrons. The summed E-state index contributed by atoms with van der Waals surface area (Å²) in [5.74, 6) is -6.49. The molecule has 6 heteroatoms. The van der Waals surface area contributed by atoms with Gasteiger partial charge < -0.3 is 4.74 Å². The van der Waals surface area contributed by atoms with E-state index in [-0.39, 0.29) is 0 Å². The molecule has 0 spiro atoms. The molecule has 0 atom stereocenters. The van der Waals surface area contributed by atoms with Crippen LogP contribution in [0.15, 0.2) is 0 Å². The van der Waals surface area contributed by atoms with E-state index in [1.165, 1.54) is 0 Å². The van der Waals surface area contributed by atoms with E-state index >= 15 is 0 Å². The van der Waals surface area contributed by atoms with Crippen molar-refractivity contribution in [2.45, 2.75) is 12.3 Å². The second kappa shape index (κ2) is 3.66. The van der Waals surface area contributed by atoms with Gasteiger partial charge in [0.05, 0.1) is 0 Å². The van der Waals surface area contributed by atoms with Gasteiger partial charge in [0, 0.05) is 7.11 Å². The van der Waals surface area contributed by atoms with Gasteiger partial charge in [-0.05, 0) is 0 Å². The molecule has 0 unspecified atom stereocenters. The average Bonchev–Trinajstić information content (AvgIpc) is 1.88.